The molecule has 0 unspecified atom stereocenters. The zero-order chi connectivity index (χ0) is 17.5. The van der Waals surface area contributed by atoms with Gasteiger partial charge in [0.25, 0.3) is 5.69 Å². The number of hydrogen-bond acceptors (Lipinski definition) is 5. The van der Waals surface area contributed by atoms with E-state index in [1.807, 2.05) is 30.3 Å². The fourth-order valence-electron chi connectivity index (χ4n) is 1.78. The normalized spacial score (nSPS) is 10.3. The maximum atomic E-state index is 11.8. The van der Waals surface area contributed by atoms with Gasteiger partial charge in [-0.15, -0.1) is 0 Å². The largest absolute Gasteiger partial charge is 0.506 e. The number of amides is 1. The number of benzene rings is 2. The lowest BCUT2D eigenvalue weighted by atomic mass is 10.2. The van der Waals surface area contributed by atoms with Gasteiger partial charge in [0.1, 0.15) is 5.75 Å². The minimum atomic E-state index is -0.627. The van der Waals surface area contributed by atoms with Crippen molar-refractivity contribution < 1.29 is 14.8 Å². The molecule has 7 nitrogen and oxygen atoms in total. The molecule has 0 spiro atoms. The molecule has 3 N–H and O–H groups in total. The van der Waals surface area contributed by atoms with E-state index in [9.17, 15) is 20.0 Å². The van der Waals surface area contributed by atoms with E-state index in [1.54, 1.807) is 6.08 Å². The molecule has 0 aliphatic carbocycles. The van der Waals surface area contributed by atoms with Gasteiger partial charge >= 0.3 is 0 Å². The molecule has 2 rings (SSSR count). The average Bonchev–Trinajstić information content (AvgIpc) is 2.55. The van der Waals surface area contributed by atoms with Crippen LogP contribution in [0.1, 0.15) is 5.56 Å². The first-order valence-electron chi connectivity index (χ1n) is 6.78. The summed E-state index contributed by atoms with van der Waals surface area (Å²) in [6.45, 7) is 0. The predicted molar refractivity (Wildman–Crippen MR) is 94.6 cm³/mol. The number of anilines is 1. The minimum absolute atomic E-state index is 0.0399. The van der Waals surface area contributed by atoms with E-state index in [2.05, 4.69) is 10.6 Å². The number of nitrogens with one attached hydrogen (secondary N) is 2. The summed E-state index contributed by atoms with van der Waals surface area (Å²) in [5.41, 5.74) is 0.760. The number of rotatable bonds is 4. The third-order valence-electron chi connectivity index (χ3n) is 2.90. The second-order valence-corrected chi connectivity index (χ2v) is 5.05. The molecule has 0 heterocycles. The summed E-state index contributed by atoms with van der Waals surface area (Å²) >= 11 is 4.97. The number of nitro groups is 1. The molecule has 2 aromatic carbocycles. The van der Waals surface area contributed by atoms with Crippen LogP contribution in [-0.2, 0) is 4.79 Å². The third kappa shape index (κ3) is 4.89. The highest BCUT2D eigenvalue weighted by Gasteiger charge is 2.11. The third-order valence-corrected chi connectivity index (χ3v) is 3.11. The van der Waals surface area contributed by atoms with Crippen LogP contribution in [0.3, 0.4) is 0 Å². The van der Waals surface area contributed by atoms with E-state index >= 15 is 0 Å². The molecule has 0 atom stereocenters. The number of nitrogens with zero attached hydrogens (tertiary/aromatic N) is 1. The Labute approximate surface area is 142 Å². The second-order valence-electron chi connectivity index (χ2n) is 4.65. The first-order chi connectivity index (χ1) is 11.5. The van der Waals surface area contributed by atoms with Gasteiger partial charge in [0.05, 0.1) is 16.7 Å². The number of non-ortho nitro benzene ring substituents is 1. The Morgan fingerprint density at radius 2 is 1.92 bits per heavy atom. The van der Waals surface area contributed by atoms with Crippen molar-refractivity contribution in [3.05, 3.63) is 70.3 Å². The fourth-order valence-corrected chi connectivity index (χ4v) is 1.99. The van der Waals surface area contributed by atoms with Gasteiger partial charge in [-0.25, -0.2) is 0 Å². The first-order valence-corrected chi connectivity index (χ1v) is 7.19. The number of hydrogen-bond donors (Lipinski definition) is 3. The van der Waals surface area contributed by atoms with Gasteiger partial charge in [-0.05, 0) is 29.9 Å². The molecule has 122 valence electrons. The molecule has 0 radical (unpaired) electrons. The Morgan fingerprint density at radius 1 is 1.21 bits per heavy atom. The van der Waals surface area contributed by atoms with Gasteiger partial charge in [-0.1, -0.05) is 30.3 Å². The van der Waals surface area contributed by atoms with Crippen LogP contribution in [0.5, 0.6) is 5.75 Å². The number of carbonyl (C=O) groups is 1. The van der Waals surface area contributed by atoms with Gasteiger partial charge in [-0.3, -0.25) is 20.2 Å². The number of aromatic hydroxyl groups is 1. The van der Waals surface area contributed by atoms with E-state index in [1.165, 1.54) is 18.2 Å². The van der Waals surface area contributed by atoms with Crippen molar-refractivity contribution in [1.82, 2.24) is 5.32 Å². The zero-order valence-corrected chi connectivity index (χ0v) is 13.1. The van der Waals surface area contributed by atoms with E-state index in [-0.39, 0.29) is 22.2 Å². The topological polar surface area (TPSA) is 104 Å². The quantitative estimate of drug-likeness (QED) is 0.259. The SMILES string of the molecule is O=C(/C=C/c1ccccc1)NC(=S)Nc1ccc([N+](=O)[O-])cc1O. The Morgan fingerprint density at radius 3 is 2.54 bits per heavy atom. The predicted octanol–water partition coefficient (Wildman–Crippen LogP) is 2.83. The van der Waals surface area contributed by atoms with Crippen molar-refractivity contribution >= 4 is 40.7 Å². The monoisotopic (exact) mass is 343 g/mol. The van der Waals surface area contributed by atoms with Crippen molar-refractivity contribution in [3.63, 3.8) is 0 Å². The minimum Gasteiger partial charge on any atom is -0.506 e. The number of nitro benzene ring substituents is 1. The van der Waals surface area contributed by atoms with Crippen molar-refractivity contribution in [2.24, 2.45) is 0 Å². The highest BCUT2D eigenvalue weighted by molar-refractivity contribution is 7.80. The van der Waals surface area contributed by atoms with Gasteiger partial charge in [0.15, 0.2) is 5.11 Å². The Bertz CT molecular complexity index is 806. The lowest BCUT2D eigenvalue weighted by molar-refractivity contribution is -0.384. The van der Waals surface area contributed by atoms with Gasteiger partial charge in [0, 0.05) is 12.1 Å². The van der Waals surface area contributed by atoms with Crippen LogP contribution in [0.15, 0.2) is 54.6 Å². The molecule has 24 heavy (non-hydrogen) atoms. The number of phenolic OH excluding ortho intramolecular Hbond substituents is 1. The highest BCUT2D eigenvalue weighted by Crippen LogP contribution is 2.27. The Hall–Kier alpha value is -3.26. The molecule has 8 heteroatoms. The van der Waals surface area contributed by atoms with Crippen LogP contribution in [0.4, 0.5) is 11.4 Å². The average molecular weight is 343 g/mol. The summed E-state index contributed by atoms with van der Waals surface area (Å²) in [5.74, 6) is -0.793. The molecule has 2 aromatic rings. The molecular weight excluding hydrogens is 330 g/mol. The maximum Gasteiger partial charge on any atom is 0.273 e. The number of thiocarbonyl (C=S) groups is 1. The summed E-state index contributed by atoms with van der Waals surface area (Å²) in [6.07, 6.45) is 2.94. The summed E-state index contributed by atoms with van der Waals surface area (Å²) in [7, 11) is 0. The summed E-state index contributed by atoms with van der Waals surface area (Å²) in [4.78, 5) is 21.7. The Balaban J connectivity index is 1.94. The van der Waals surface area contributed by atoms with E-state index in [4.69, 9.17) is 12.2 Å². The van der Waals surface area contributed by atoms with Crippen LogP contribution in [0.25, 0.3) is 6.08 Å². The van der Waals surface area contributed by atoms with Gasteiger partial charge in [0.2, 0.25) is 5.91 Å². The van der Waals surface area contributed by atoms with Crippen molar-refractivity contribution in [1.29, 1.82) is 0 Å². The summed E-state index contributed by atoms with van der Waals surface area (Å²) < 4.78 is 0. The molecule has 0 bridgehead atoms. The summed E-state index contributed by atoms with van der Waals surface area (Å²) in [6, 6.07) is 12.7. The molecular formula is C16H13N3O4S. The molecule has 0 saturated heterocycles. The lowest BCUT2D eigenvalue weighted by Crippen LogP contribution is -2.32. The smallest absolute Gasteiger partial charge is 0.273 e. The van der Waals surface area contributed by atoms with Crippen LogP contribution in [-0.4, -0.2) is 21.0 Å². The molecule has 0 aliphatic rings. The van der Waals surface area contributed by atoms with Gasteiger partial charge in [-0.2, -0.15) is 0 Å². The zero-order valence-electron chi connectivity index (χ0n) is 12.3. The molecule has 0 aromatic heterocycles. The number of phenols is 1. The molecule has 1 amide bonds. The highest BCUT2D eigenvalue weighted by atomic mass is 32.1. The summed E-state index contributed by atoms with van der Waals surface area (Å²) in [5, 5.41) is 25.3. The van der Waals surface area contributed by atoms with Gasteiger partial charge < -0.3 is 10.4 Å². The van der Waals surface area contributed by atoms with Crippen molar-refractivity contribution in [2.75, 3.05) is 5.32 Å². The fraction of sp³-hybridized carbons (Fsp3) is 0. The van der Waals surface area contributed by atoms with Crippen molar-refractivity contribution in [3.8, 4) is 5.75 Å². The maximum absolute atomic E-state index is 11.8. The van der Waals surface area contributed by atoms with Crippen LogP contribution in [0.2, 0.25) is 0 Å². The second kappa shape index (κ2) is 7.84. The number of carbonyl (C=O) groups excluding carboxylic acids is 1. The van der Waals surface area contributed by atoms with Crippen LogP contribution in [0, 0.1) is 10.1 Å². The molecule has 0 aliphatic heterocycles. The van der Waals surface area contributed by atoms with Crippen molar-refractivity contribution in [2.45, 2.75) is 0 Å². The van der Waals surface area contributed by atoms with E-state index in [0.717, 1.165) is 11.6 Å². The van der Waals surface area contributed by atoms with Crippen LogP contribution >= 0.6 is 12.2 Å². The lowest BCUT2D eigenvalue weighted by Gasteiger charge is -2.09. The van der Waals surface area contributed by atoms with Crippen LogP contribution < -0.4 is 10.6 Å². The standard InChI is InChI=1S/C16H13N3O4S/c20-14-10-12(19(22)23)7-8-13(14)17-16(24)18-15(21)9-6-11-4-2-1-3-5-11/h1-10,20H,(H2,17,18,21,24)/b9-6+. The first kappa shape index (κ1) is 17.1. The Kier molecular flexibility index (Phi) is 5.58. The molecule has 0 saturated carbocycles. The van der Waals surface area contributed by atoms with E-state index < -0.39 is 10.8 Å². The molecule has 0 fully saturated rings. The van der Waals surface area contributed by atoms with E-state index in [0.29, 0.717) is 0 Å².